The smallest absolute Gasteiger partial charge is 0.244 e. The van der Waals surface area contributed by atoms with E-state index < -0.39 is 0 Å². The lowest BCUT2D eigenvalue weighted by atomic mass is 10.0. The Labute approximate surface area is 144 Å². The molecule has 3 rings (SSSR count). The number of hydrogen-bond donors (Lipinski definition) is 1. The van der Waals surface area contributed by atoms with E-state index in [2.05, 4.69) is 27.7 Å². The van der Waals surface area contributed by atoms with Gasteiger partial charge in [-0.25, -0.2) is 0 Å². The molecule has 0 bridgehead atoms. The monoisotopic (exact) mass is 341 g/mol. The van der Waals surface area contributed by atoms with Crippen LogP contribution in [0.4, 0.5) is 0 Å². The first-order valence-corrected chi connectivity index (χ1v) is 8.80. The lowest BCUT2D eigenvalue weighted by Crippen LogP contribution is -2.32. The fourth-order valence-electron chi connectivity index (χ4n) is 2.48. The van der Waals surface area contributed by atoms with E-state index >= 15 is 0 Å². The number of rotatable bonds is 7. The van der Waals surface area contributed by atoms with Crippen molar-refractivity contribution >= 4 is 17.2 Å². The van der Waals surface area contributed by atoms with Crippen molar-refractivity contribution in [3.63, 3.8) is 0 Å². The number of tetrazole rings is 1. The minimum absolute atomic E-state index is 0.00369. The Hall–Kier alpha value is -2.54. The maximum atomic E-state index is 12.3. The summed E-state index contributed by atoms with van der Waals surface area (Å²) in [6.45, 7) is 2.17. The molecule has 1 atom stereocenters. The van der Waals surface area contributed by atoms with Crippen molar-refractivity contribution in [2.45, 2.75) is 32.4 Å². The fraction of sp³-hybridized carbons (Fsp3) is 0.294. The molecular weight excluding hydrogens is 322 g/mol. The third kappa shape index (κ3) is 4.05. The number of hydrogen-bond acceptors (Lipinski definition) is 5. The molecule has 7 heteroatoms. The van der Waals surface area contributed by atoms with Crippen LogP contribution in [0.1, 0.15) is 31.4 Å². The van der Waals surface area contributed by atoms with E-state index in [1.807, 2.05) is 47.8 Å². The maximum absolute atomic E-state index is 12.3. The zero-order valence-corrected chi connectivity index (χ0v) is 14.2. The molecule has 0 saturated heterocycles. The van der Waals surface area contributed by atoms with E-state index in [1.54, 1.807) is 11.3 Å². The van der Waals surface area contributed by atoms with E-state index in [4.69, 9.17) is 0 Å². The number of carbonyl (C=O) groups is 1. The second-order valence-electron chi connectivity index (χ2n) is 5.44. The van der Waals surface area contributed by atoms with Crippen molar-refractivity contribution in [3.8, 4) is 10.7 Å². The number of amides is 1. The Morgan fingerprint density at radius 2 is 2.08 bits per heavy atom. The summed E-state index contributed by atoms with van der Waals surface area (Å²) in [6, 6.07) is 13.9. The molecule has 2 aromatic heterocycles. The van der Waals surface area contributed by atoms with Gasteiger partial charge in [-0.15, -0.1) is 21.5 Å². The van der Waals surface area contributed by atoms with Crippen LogP contribution in [0, 0.1) is 0 Å². The molecule has 2 heterocycles. The summed E-state index contributed by atoms with van der Waals surface area (Å²) in [5.41, 5.74) is 1.11. The Kier molecular flexibility index (Phi) is 5.32. The van der Waals surface area contributed by atoms with Gasteiger partial charge in [0.2, 0.25) is 11.7 Å². The van der Waals surface area contributed by atoms with Gasteiger partial charge in [-0.05, 0) is 28.6 Å². The highest BCUT2D eigenvalue weighted by atomic mass is 32.1. The SMILES string of the molecule is CCC[C@@H](NC(=O)Cn1nnc(-c2cccs2)n1)c1ccccc1. The lowest BCUT2D eigenvalue weighted by Gasteiger charge is -2.18. The molecule has 0 aliphatic rings. The molecule has 1 N–H and O–H groups in total. The maximum Gasteiger partial charge on any atom is 0.244 e. The van der Waals surface area contributed by atoms with Crippen LogP contribution in [0.2, 0.25) is 0 Å². The summed E-state index contributed by atoms with van der Waals surface area (Å²) >= 11 is 1.54. The molecule has 3 aromatic rings. The van der Waals surface area contributed by atoms with Crippen LogP contribution < -0.4 is 5.32 Å². The topological polar surface area (TPSA) is 72.7 Å². The summed E-state index contributed by atoms with van der Waals surface area (Å²) in [6.07, 6.45) is 1.88. The second kappa shape index (κ2) is 7.83. The predicted octanol–water partition coefficient (Wildman–Crippen LogP) is 3.06. The van der Waals surface area contributed by atoms with E-state index in [0.717, 1.165) is 23.3 Å². The van der Waals surface area contributed by atoms with Gasteiger partial charge in [0.1, 0.15) is 6.54 Å². The van der Waals surface area contributed by atoms with Crippen molar-refractivity contribution < 1.29 is 4.79 Å². The first kappa shape index (κ1) is 16.3. The second-order valence-corrected chi connectivity index (χ2v) is 6.39. The van der Waals surface area contributed by atoms with Crippen molar-refractivity contribution in [1.29, 1.82) is 0 Å². The molecule has 6 nitrogen and oxygen atoms in total. The zero-order valence-electron chi connectivity index (χ0n) is 13.4. The van der Waals surface area contributed by atoms with E-state index in [0.29, 0.717) is 5.82 Å². The van der Waals surface area contributed by atoms with E-state index in [9.17, 15) is 4.79 Å². The van der Waals surface area contributed by atoms with Gasteiger partial charge in [-0.1, -0.05) is 49.7 Å². The minimum atomic E-state index is -0.118. The average molecular weight is 341 g/mol. The van der Waals surface area contributed by atoms with E-state index in [1.165, 1.54) is 4.80 Å². The molecule has 0 aliphatic carbocycles. The number of benzene rings is 1. The fourth-order valence-corrected chi connectivity index (χ4v) is 3.13. The third-order valence-corrected chi connectivity index (χ3v) is 4.46. The number of nitrogens with zero attached hydrogens (tertiary/aromatic N) is 4. The summed E-state index contributed by atoms with van der Waals surface area (Å²) in [5, 5.41) is 17.2. The predicted molar refractivity (Wildman–Crippen MR) is 93.4 cm³/mol. The summed E-state index contributed by atoms with van der Waals surface area (Å²) in [7, 11) is 0. The number of thiophene rings is 1. The minimum Gasteiger partial charge on any atom is -0.348 e. The van der Waals surface area contributed by atoms with Gasteiger partial charge < -0.3 is 5.32 Å². The number of nitrogens with one attached hydrogen (secondary N) is 1. The molecule has 0 spiro atoms. The molecule has 124 valence electrons. The highest BCUT2D eigenvalue weighted by molar-refractivity contribution is 7.13. The average Bonchev–Trinajstić information content (AvgIpc) is 3.26. The van der Waals surface area contributed by atoms with E-state index in [-0.39, 0.29) is 18.5 Å². The Morgan fingerprint density at radius 1 is 1.25 bits per heavy atom. The van der Waals surface area contributed by atoms with Gasteiger partial charge in [-0.3, -0.25) is 4.79 Å². The van der Waals surface area contributed by atoms with Crippen LogP contribution in [0.3, 0.4) is 0 Å². The lowest BCUT2D eigenvalue weighted by molar-refractivity contribution is -0.122. The summed E-state index contributed by atoms with van der Waals surface area (Å²) in [4.78, 5) is 14.6. The molecular formula is C17H19N5OS. The highest BCUT2D eigenvalue weighted by Crippen LogP contribution is 2.20. The Morgan fingerprint density at radius 3 is 2.79 bits per heavy atom. The Balaban J connectivity index is 1.64. The number of aromatic nitrogens is 4. The van der Waals surface area contributed by atoms with Gasteiger partial charge in [0.05, 0.1) is 10.9 Å². The first-order valence-electron chi connectivity index (χ1n) is 7.92. The van der Waals surface area contributed by atoms with Crippen LogP contribution >= 0.6 is 11.3 Å². The largest absolute Gasteiger partial charge is 0.348 e. The quantitative estimate of drug-likeness (QED) is 0.717. The van der Waals surface area contributed by atoms with Gasteiger partial charge in [-0.2, -0.15) is 4.80 Å². The zero-order chi connectivity index (χ0) is 16.8. The molecule has 0 radical (unpaired) electrons. The molecule has 0 fully saturated rings. The van der Waals surface area contributed by atoms with Crippen molar-refractivity contribution in [3.05, 3.63) is 53.4 Å². The molecule has 0 aliphatic heterocycles. The normalized spacial score (nSPS) is 12.0. The van der Waals surface area contributed by atoms with Crippen LogP contribution in [-0.2, 0) is 11.3 Å². The molecule has 24 heavy (non-hydrogen) atoms. The molecule has 1 amide bonds. The third-order valence-electron chi connectivity index (χ3n) is 3.59. The Bertz CT molecular complexity index is 769. The van der Waals surface area contributed by atoms with Crippen LogP contribution in [0.25, 0.3) is 10.7 Å². The van der Waals surface area contributed by atoms with Gasteiger partial charge in [0.25, 0.3) is 0 Å². The van der Waals surface area contributed by atoms with Crippen molar-refractivity contribution in [2.75, 3.05) is 0 Å². The summed E-state index contributed by atoms with van der Waals surface area (Å²) < 4.78 is 0. The summed E-state index contributed by atoms with van der Waals surface area (Å²) in [5.74, 6) is 0.429. The van der Waals surface area contributed by atoms with Crippen LogP contribution in [0.5, 0.6) is 0 Å². The molecule has 1 aromatic carbocycles. The standard InChI is InChI=1S/C17H19N5OS/c1-2-7-14(13-8-4-3-5-9-13)18-16(23)12-22-20-17(19-21-22)15-10-6-11-24-15/h3-6,8-11,14H,2,7,12H2,1H3,(H,18,23)/t14-/m1/s1. The van der Waals surface area contributed by atoms with Gasteiger partial charge >= 0.3 is 0 Å². The van der Waals surface area contributed by atoms with Crippen LogP contribution in [-0.4, -0.2) is 26.1 Å². The van der Waals surface area contributed by atoms with Gasteiger partial charge in [0, 0.05) is 0 Å². The molecule has 0 saturated carbocycles. The van der Waals surface area contributed by atoms with Gasteiger partial charge in [0.15, 0.2) is 0 Å². The van der Waals surface area contributed by atoms with Crippen molar-refractivity contribution in [1.82, 2.24) is 25.5 Å². The number of carbonyl (C=O) groups excluding carboxylic acids is 1. The van der Waals surface area contributed by atoms with Crippen molar-refractivity contribution in [2.24, 2.45) is 0 Å². The highest BCUT2D eigenvalue weighted by Gasteiger charge is 2.15. The van der Waals surface area contributed by atoms with Crippen LogP contribution in [0.15, 0.2) is 47.8 Å². The molecule has 0 unspecified atom stereocenters. The first-order chi connectivity index (χ1) is 11.8.